The SMILES string of the molecule is C=C1C(C(C)(C)C)CCN1C(C)(C)C.C=C1CC(C(C)(C)C)C(=O)N1C(C)(C)C.CC(C)(C)C.CC(C)(C)C.CC(C)(C)C.CC(C)(C)C1=NOC(C(C)(C)C)C1.CC(C)(C)C1CC(=O)N(C(C)(C)C)C1=O.CC(C)(C)C1CCC(C(C)(C)C)C1.CC(C)(C)N1Cc2ccccc2C1.CC(C)(C)N1Cc2ccccc2C1=O.CC(C)(C)n1ncc2ccccc21.CC1C(=O)N(C(C)(C)C)C(C)C(=O)N1C(C)(C)C. The number of amides is 6. The van der Waals surface area contributed by atoms with E-state index in [0.717, 1.165) is 61.1 Å². The van der Waals surface area contributed by atoms with E-state index < -0.39 is 17.6 Å². The van der Waals surface area contributed by atoms with Gasteiger partial charge < -0.3 is 29.3 Å². The predicted molar refractivity (Wildman–Crippen MR) is 615 cm³/mol. The van der Waals surface area contributed by atoms with Crippen LogP contribution < -0.4 is 0 Å². The number of benzene rings is 3. The first-order valence-electron chi connectivity index (χ1n) is 54.1. The fourth-order valence-corrected chi connectivity index (χ4v) is 18.5. The Hall–Kier alpha value is -7.14. The lowest BCUT2D eigenvalue weighted by Gasteiger charge is -2.52. The van der Waals surface area contributed by atoms with Crippen LogP contribution in [0.1, 0.15) is 480 Å². The van der Waals surface area contributed by atoms with Gasteiger partial charge in [0.2, 0.25) is 29.5 Å². The summed E-state index contributed by atoms with van der Waals surface area (Å²) in [6.45, 7) is 139. The number of aromatic nitrogens is 2. The molecule has 1 saturated carbocycles. The Kier molecular flexibility index (Phi) is 46.4. The fourth-order valence-electron chi connectivity index (χ4n) is 18.5. The minimum Gasteiger partial charge on any atom is -0.392 e. The lowest BCUT2D eigenvalue weighted by atomic mass is 9.75. The van der Waals surface area contributed by atoms with Gasteiger partial charge in [0, 0.05) is 123 Å². The first-order valence-corrected chi connectivity index (χ1v) is 54.1. The summed E-state index contributed by atoms with van der Waals surface area (Å²) >= 11 is 0. The number of nitrogens with zero attached hydrogens (tertiary/aromatic N) is 10. The molecule has 8 heterocycles. The Morgan fingerprint density at radius 2 is 0.699 bits per heavy atom. The molecule has 5 fully saturated rings. The molecule has 1 aliphatic carbocycles. The minimum absolute atomic E-state index is 0.0139. The van der Waals surface area contributed by atoms with Gasteiger partial charge in [-0.25, -0.2) is 0 Å². The van der Waals surface area contributed by atoms with Crippen molar-refractivity contribution in [1.82, 2.24) is 44.1 Å². The van der Waals surface area contributed by atoms with Crippen LogP contribution in [0.2, 0.25) is 0 Å². The molecule has 8 unspecified atom stereocenters. The molecule has 820 valence electrons. The number of piperazine rings is 1. The second-order valence-corrected chi connectivity index (χ2v) is 62.2. The number of para-hydroxylation sites is 1. The maximum atomic E-state index is 12.5. The van der Waals surface area contributed by atoms with Crippen molar-refractivity contribution in [1.29, 1.82) is 0 Å². The summed E-state index contributed by atoms with van der Waals surface area (Å²) in [4.78, 5) is 92.2. The zero-order valence-corrected chi connectivity index (χ0v) is 104. The van der Waals surface area contributed by atoms with E-state index in [9.17, 15) is 28.8 Å². The summed E-state index contributed by atoms with van der Waals surface area (Å²) in [7, 11) is 0. The maximum absolute atomic E-state index is 12.5. The zero-order valence-electron chi connectivity index (χ0n) is 104. The van der Waals surface area contributed by atoms with E-state index in [2.05, 4.69) is 386 Å². The highest BCUT2D eigenvalue weighted by atomic mass is 16.6. The predicted octanol–water partition coefficient (Wildman–Crippen LogP) is 33.0. The highest BCUT2D eigenvalue weighted by Gasteiger charge is 2.52. The van der Waals surface area contributed by atoms with Crippen LogP contribution in [0.25, 0.3) is 10.9 Å². The number of likely N-dealkylation sites (tertiary alicyclic amines) is 3. The monoisotopic (exact) mass is 1990 g/mol. The molecular formula is C126H224N10O7. The van der Waals surface area contributed by atoms with Crippen LogP contribution in [0.3, 0.4) is 0 Å². The van der Waals surface area contributed by atoms with E-state index in [1.807, 2.05) is 149 Å². The highest BCUT2D eigenvalue weighted by molar-refractivity contribution is 6.04. The Labute approximate surface area is 881 Å². The molecule has 0 N–H and O–H groups in total. The van der Waals surface area contributed by atoms with Gasteiger partial charge in [-0.15, -0.1) is 0 Å². The van der Waals surface area contributed by atoms with Crippen molar-refractivity contribution in [2.75, 3.05) is 6.54 Å². The molecule has 0 spiro atoms. The molecule has 8 aliphatic rings. The topological polar surface area (TPSA) is 165 Å². The van der Waals surface area contributed by atoms with Gasteiger partial charge in [0.25, 0.3) is 5.91 Å². The highest BCUT2D eigenvalue weighted by Crippen LogP contribution is 2.50. The molecule has 4 saturated heterocycles. The van der Waals surface area contributed by atoms with Gasteiger partial charge >= 0.3 is 0 Å². The maximum Gasteiger partial charge on any atom is 0.254 e. The Balaban J connectivity index is 0.000000790. The molecule has 6 amide bonds. The van der Waals surface area contributed by atoms with Gasteiger partial charge in [0.1, 0.15) is 18.2 Å². The standard InChI is InChI=1S/C14H26N2O2.C13H23NO.C13H25N.C13H26.C12H21NO2.C12H15NO.C12H17N.C11H14N2.C11H21NO.3C5H12/c1-9-11(17)16(14(6,7)8)10(2)12(18)15(9)13(3,4)5;1-9-8-10(12(2,3)4)11(15)14(9)13(5,6)7;1-10-11(12(2,3)4)8-9-14(10)13(5,6)7;1-12(2,3)10-7-8-11(9-10)13(4,5)6;1-11(2,3)8-7-9(14)13(10(8)15)12(4,5)6;1-12(2,3)13-8-9-6-4-5-7-10(9)11(13)14;1-12(2,3)13-8-10-6-4-5-7-11(10)9-13;1-11(2,3)13-10-7-5-4-6-9(10)8-12-13;1-10(2,3)8-7-9(13-12-8)11(4,5)6;3*1-5(2,3)4/h9-10H,1-8H3;10H,1,8H2,2-7H3;11H,1,8-9H2,2-7H3;10-11H,7-9H2,1-6H3;8H,7H2,1-6H3;4-7H,8H2,1-3H3;4-7H,8-9H2,1-3H3;4-8H,1-3H3;9H,7H2,1-6H3;3*1-4H3. The molecule has 1 aromatic heterocycles. The quantitative estimate of drug-likeness (QED) is 0.155. The van der Waals surface area contributed by atoms with Crippen LogP contribution >= 0.6 is 0 Å². The number of imide groups is 1. The molecule has 8 atom stereocenters. The van der Waals surface area contributed by atoms with Crippen molar-refractivity contribution in [3.8, 4) is 0 Å². The van der Waals surface area contributed by atoms with Crippen LogP contribution in [-0.2, 0) is 54.0 Å². The minimum atomic E-state index is -0.395. The Morgan fingerprint density at radius 3 is 0.965 bits per heavy atom. The number of rotatable bonds is 0. The Bertz CT molecular complexity index is 4540. The molecular weight excluding hydrogens is 1770 g/mol. The van der Waals surface area contributed by atoms with Crippen LogP contribution in [0.15, 0.2) is 109 Å². The lowest BCUT2D eigenvalue weighted by Crippen LogP contribution is -2.70. The van der Waals surface area contributed by atoms with E-state index in [1.165, 1.54) is 70.6 Å². The fraction of sp³-hybridized carbons (Fsp3) is 0.762. The average Bonchev–Trinajstić information content (AvgIpc) is 0.792. The Morgan fingerprint density at radius 1 is 0.343 bits per heavy atom. The summed E-state index contributed by atoms with van der Waals surface area (Å²) in [6, 6.07) is 24.1. The van der Waals surface area contributed by atoms with E-state index in [-0.39, 0.29) is 108 Å². The van der Waals surface area contributed by atoms with Gasteiger partial charge in [-0.1, -0.05) is 307 Å². The van der Waals surface area contributed by atoms with E-state index >= 15 is 0 Å². The first kappa shape index (κ1) is 134. The van der Waals surface area contributed by atoms with Crippen molar-refractivity contribution in [2.45, 2.75) is 536 Å². The van der Waals surface area contributed by atoms with Gasteiger partial charge in [-0.3, -0.25) is 43.2 Å². The smallest absolute Gasteiger partial charge is 0.254 e. The average molecular weight is 1990 g/mol. The second-order valence-electron chi connectivity index (χ2n) is 62.2. The van der Waals surface area contributed by atoms with Gasteiger partial charge in [-0.05, 0) is 296 Å². The third-order valence-corrected chi connectivity index (χ3v) is 26.4. The third kappa shape index (κ3) is 44.3. The second kappa shape index (κ2) is 49.5. The number of fused-ring (bicyclic) bond motifs is 3. The number of carbonyl (C=O) groups excluding carboxylic acids is 6. The molecule has 12 rings (SSSR count). The number of hydrogen-bond acceptors (Lipinski definition) is 11. The number of oxime groups is 1. The summed E-state index contributed by atoms with van der Waals surface area (Å²) < 4.78 is 2.06. The van der Waals surface area contributed by atoms with Crippen molar-refractivity contribution < 1.29 is 33.6 Å². The number of carbonyl (C=O) groups is 6. The van der Waals surface area contributed by atoms with Crippen LogP contribution in [0.4, 0.5) is 0 Å². The van der Waals surface area contributed by atoms with Gasteiger partial charge in [-0.2, -0.15) is 5.10 Å². The lowest BCUT2D eigenvalue weighted by molar-refractivity contribution is -0.171. The zero-order chi connectivity index (χ0) is 113. The van der Waals surface area contributed by atoms with Gasteiger partial charge in [0.05, 0.1) is 28.9 Å². The third-order valence-electron chi connectivity index (χ3n) is 26.4. The van der Waals surface area contributed by atoms with Gasteiger partial charge in [0.15, 0.2) is 0 Å². The van der Waals surface area contributed by atoms with Crippen molar-refractivity contribution in [3.63, 3.8) is 0 Å². The van der Waals surface area contributed by atoms with E-state index in [1.54, 1.807) is 9.80 Å². The number of hydrogen-bond donors (Lipinski definition) is 0. The molecule has 0 bridgehead atoms. The molecule has 0 radical (unpaired) electrons. The molecule has 4 aromatic rings. The normalized spacial score (nSPS) is 21.3. The molecule has 3 aromatic carbocycles. The first-order chi connectivity index (χ1) is 63.2. The summed E-state index contributed by atoms with van der Waals surface area (Å²) in [5.74, 6) is 2.90. The molecule has 17 nitrogen and oxygen atoms in total. The molecule has 143 heavy (non-hydrogen) atoms. The van der Waals surface area contributed by atoms with E-state index in [4.69, 9.17) is 4.84 Å². The number of allylic oxidation sites excluding steroid dienone is 2. The van der Waals surface area contributed by atoms with Crippen molar-refractivity contribution in [3.05, 3.63) is 126 Å². The van der Waals surface area contributed by atoms with Crippen LogP contribution in [-0.4, -0.2) is 149 Å². The summed E-state index contributed by atoms with van der Waals surface area (Å²) in [6.07, 6.45) is 9.93. The molecule has 7 aliphatic heterocycles. The molecule has 17 heteroatoms. The summed E-state index contributed by atoms with van der Waals surface area (Å²) in [5.41, 5.74) is 12.1. The van der Waals surface area contributed by atoms with Crippen LogP contribution in [0, 0.1) is 83.7 Å². The van der Waals surface area contributed by atoms with Crippen LogP contribution in [0.5, 0.6) is 0 Å². The van der Waals surface area contributed by atoms with Crippen molar-refractivity contribution >= 4 is 52.1 Å². The van der Waals surface area contributed by atoms with Crippen molar-refractivity contribution in [2.24, 2.45) is 88.9 Å². The van der Waals surface area contributed by atoms with E-state index in [0.29, 0.717) is 50.4 Å². The largest absolute Gasteiger partial charge is 0.392 e. The summed E-state index contributed by atoms with van der Waals surface area (Å²) in [5, 5.41) is 9.76.